The van der Waals surface area contributed by atoms with Gasteiger partial charge in [0.1, 0.15) is 0 Å². The minimum atomic E-state index is -0.385. The molecule has 0 aliphatic carbocycles. The number of benzene rings is 2. The molecule has 142 valence electrons. The number of nitro benzene ring substituents is 1. The van der Waals surface area contributed by atoms with Crippen LogP contribution in [0.5, 0.6) is 11.5 Å². The zero-order valence-corrected chi connectivity index (χ0v) is 16.0. The second-order valence-corrected chi connectivity index (χ2v) is 6.53. The molecule has 0 bridgehead atoms. The molecule has 0 saturated heterocycles. The molecular weight excluding hydrogens is 366 g/mol. The largest absolute Gasteiger partial charge is 0.493 e. The van der Waals surface area contributed by atoms with Crippen molar-refractivity contribution >= 4 is 28.7 Å². The summed E-state index contributed by atoms with van der Waals surface area (Å²) < 4.78 is 10.6. The van der Waals surface area contributed by atoms with Gasteiger partial charge < -0.3 is 19.7 Å². The van der Waals surface area contributed by atoms with Crippen molar-refractivity contribution in [1.82, 2.24) is 5.32 Å². The first-order chi connectivity index (χ1) is 13.0. The van der Waals surface area contributed by atoms with Crippen molar-refractivity contribution in [3.63, 3.8) is 0 Å². The Morgan fingerprint density at radius 3 is 2.70 bits per heavy atom. The molecule has 27 heavy (non-hydrogen) atoms. The lowest BCUT2D eigenvalue weighted by atomic mass is 10.1. The number of fused-ring (bicyclic) bond motifs is 1. The number of nitro groups is 1. The van der Waals surface area contributed by atoms with E-state index in [4.69, 9.17) is 21.7 Å². The number of hydrogen-bond acceptors (Lipinski definition) is 5. The van der Waals surface area contributed by atoms with Gasteiger partial charge in [0.25, 0.3) is 5.69 Å². The molecule has 1 aliphatic rings. The molecule has 0 spiro atoms. The maximum absolute atomic E-state index is 11.0. The second-order valence-electron chi connectivity index (χ2n) is 6.14. The van der Waals surface area contributed by atoms with E-state index in [0.29, 0.717) is 23.2 Å². The van der Waals surface area contributed by atoms with E-state index >= 15 is 0 Å². The molecular formula is C19H21N3O4S. The van der Waals surface area contributed by atoms with E-state index in [-0.39, 0.29) is 10.6 Å². The first-order valence-electron chi connectivity index (χ1n) is 8.57. The van der Waals surface area contributed by atoms with Gasteiger partial charge >= 0.3 is 0 Å². The molecule has 1 N–H and O–H groups in total. The topological polar surface area (TPSA) is 76.9 Å². The van der Waals surface area contributed by atoms with E-state index in [0.717, 1.165) is 36.2 Å². The molecule has 8 heteroatoms. The Morgan fingerprint density at radius 1 is 1.22 bits per heavy atom. The van der Waals surface area contributed by atoms with E-state index in [1.807, 2.05) is 23.1 Å². The fourth-order valence-electron chi connectivity index (χ4n) is 3.14. The molecule has 1 aliphatic heterocycles. The Bertz CT molecular complexity index is 872. The number of non-ortho nitro benzene ring substituents is 1. The molecule has 2 aromatic carbocycles. The van der Waals surface area contributed by atoms with Gasteiger partial charge in [0.2, 0.25) is 0 Å². The molecule has 0 radical (unpaired) electrons. The maximum Gasteiger partial charge on any atom is 0.271 e. The zero-order valence-electron chi connectivity index (χ0n) is 15.2. The van der Waals surface area contributed by atoms with E-state index in [1.54, 1.807) is 26.4 Å². The molecule has 7 nitrogen and oxygen atoms in total. The van der Waals surface area contributed by atoms with Crippen molar-refractivity contribution in [2.45, 2.75) is 12.8 Å². The lowest BCUT2D eigenvalue weighted by Gasteiger charge is -2.21. The van der Waals surface area contributed by atoms with Gasteiger partial charge in [-0.2, -0.15) is 0 Å². The summed E-state index contributed by atoms with van der Waals surface area (Å²) in [4.78, 5) is 12.6. The predicted molar refractivity (Wildman–Crippen MR) is 108 cm³/mol. The molecule has 0 unspecified atom stereocenters. The number of methoxy groups -OCH3 is 2. The van der Waals surface area contributed by atoms with Crippen LogP contribution in [0.1, 0.15) is 11.1 Å². The quantitative estimate of drug-likeness (QED) is 0.464. The third-order valence-corrected chi connectivity index (χ3v) is 4.92. The van der Waals surface area contributed by atoms with Crippen LogP contribution in [0, 0.1) is 10.1 Å². The van der Waals surface area contributed by atoms with E-state index in [9.17, 15) is 10.1 Å². The number of nitrogens with one attached hydrogen (secondary N) is 1. The van der Waals surface area contributed by atoms with E-state index < -0.39 is 0 Å². The van der Waals surface area contributed by atoms with Crippen molar-refractivity contribution < 1.29 is 14.4 Å². The highest BCUT2D eigenvalue weighted by atomic mass is 32.1. The summed E-state index contributed by atoms with van der Waals surface area (Å²) in [6, 6.07) is 10.7. The van der Waals surface area contributed by atoms with Gasteiger partial charge in [-0.3, -0.25) is 10.1 Å². The smallest absolute Gasteiger partial charge is 0.271 e. The first kappa shape index (κ1) is 18.9. The molecule has 0 amide bonds. The summed E-state index contributed by atoms with van der Waals surface area (Å²) in [5.74, 6) is 1.39. The summed E-state index contributed by atoms with van der Waals surface area (Å²) in [7, 11) is 3.22. The lowest BCUT2D eigenvalue weighted by molar-refractivity contribution is -0.384. The molecule has 1 heterocycles. The molecule has 0 saturated carbocycles. The van der Waals surface area contributed by atoms with Gasteiger partial charge in [-0.25, -0.2) is 0 Å². The van der Waals surface area contributed by atoms with Crippen molar-refractivity contribution in [3.8, 4) is 11.5 Å². The molecule has 0 aromatic heterocycles. The normalized spacial score (nSPS) is 12.4. The minimum absolute atomic E-state index is 0.0776. The third kappa shape index (κ3) is 4.11. The van der Waals surface area contributed by atoms with Gasteiger partial charge in [-0.05, 0) is 48.3 Å². The Labute approximate surface area is 163 Å². The Kier molecular flexibility index (Phi) is 5.75. The highest BCUT2D eigenvalue weighted by molar-refractivity contribution is 7.80. The third-order valence-electron chi connectivity index (χ3n) is 4.56. The number of ether oxygens (including phenoxy) is 2. The van der Waals surface area contributed by atoms with Crippen LogP contribution in [0.2, 0.25) is 0 Å². The highest BCUT2D eigenvalue weighted by Gasteiger charge is 2.24. The minimum Gasteiger partial charge on any atom is -0.493 e. The number of thiocarbonyl (C=S) groups is 1. The van der Waals surface area contributed by atoms with Crippen LogP contribution in [-0.4, -0.2) is 37.3 Å². The Morgan fingerprint density at radius 2 is 2.00 bits per heavy atom. The summed E-state index contributed by atoms with van der Waals surface area (Å²) in [6.45, 7) is 1.37. The van der Waals surface area contributed by atoms with Crippen LogP contribution >= 0.6 is 12.2 Å². The summed E-state index contributed by atoms with van der Waals surface area (Å²) in [5, 5.41) is 14.8. The fourth-order valence-corrected chi connectivity index (χ4v) is 3.43. The average Bonchev–Trinajstić information content (AvgIpc) is 3.11. The number of hydrogen-bond donors (Lipinski definition) is 1. The van der Waals surface area contributed by atoms with Crippen molar-refractivity contribution in [2.75, 3.05) is 32.2 Å². The zero-order chi connectivity index (χ0) is 19.4. The monoisotopic (exact) mass is 387 g/mol. The van der Waals surface area contributed by atoms with E-state index in [2.05, 4.69) is 5.32 Å². The van der Waals surface area contributed by atoms with Crippen LogP contribution < -0.4 is 19.7 Å². The van der Waals surface area contributed by atoms with E-state index in [1.165, 1.54) is 6.07 Å². The second kappa shape index (κ2) is 8.22. The number of nitrogens with zero attached hydrogens (tertiary/aromatic N) is 2. The molecule has 3 rings (SSSR count). The average molecular weight is 387 g/mol. The molecule has 0 atom stereocenters. The van der Waals surface area contributed by atoms with Crippen molar-refractivity contribution in [3.05, 3.63) is 57.6 Å². The van der Waals surface area contributed by atoms with Crippen molar-refractivity contribution in [1.29, 1.82) is 0 Å². The summed E-state index contributed by atoms with van der Waals surface area (Å²) >= 11 is 5.50. The Hall–Kier alpha value is -2.87. The van der Waals surface area contributed by atoms with Gasteiger partial charge in [0.05, 0.1) is 24.8 Å². The van der Waals surface area contributed by atoms with Gasteiger partial charge in [0, 0.05) is 25.2 Å². The van der Waals surface area contributed by atoms with Crippen LogP contribution in [-0.2, 0) is 12.8 Å². The van der Waals surface area contributed by atoms with Crippen molar-refractivity contribution in [2.24, 2.45) is 0 Å². The molecule has 0 fully saturated rings. The van der Waals surface area contributed by atoms with Crippen LogP contribution in [0.25, 0.3) is 0 Å². The maximum atomic E-state index is 11.0. The standard InChI is InChI=1S/C19H21N3O4S/c1-25-17-6-3-13(11-18(17)26-2)7-9-20-19(27)21-10-8-14-4-5-15(22(23)24)12-16(14)21/h3-6,11-12H,7-10H2,1-2H3,(H,20,27). The fraction of sp³-hybridized carbons (Fsp3) is 0.316. The van der Waals surface area contributed by atoms with Crippen LogP contribution in [0.15, 0.2) is 36.4 Å². The highest BCUT2D eigenvalue weighted by Crippen LogP contribution is 2.32. The summed E-state index contributed by atoms with van der Waals surface area (Å²) in [6.07, 6.45) is 1.58. The SMILES string of the molecule is COc1ccc(CCNC(=S)N2CCc3ccc([N+](=O)[O-])cc32)cc1OC. The Balaban J connectivity index is 1.61. The first-order valence-corrected chi connectivity index (χ1v) is 8.98. The number of anilines is 1. The summed E-state index contributed by atoms with van der Waals surface area (Å²) in [5.41, 5.74) is 3.06. The van der Waals surface area contributed by atoms with Gasteiger partial charge in [-0.15, -0.1) is 0 Å². The lowest BCUT2D eigenvalue weighted by Crippen LogP contribution is -2.39. The van der Waals surface area contributed by atoms with Crippen LogP contribution in [0.4, 0.5) is 11.4 Å². The number of rotatable bonds is 6. The van der Waals surface area contributed by atoms with Gasteiger partial charge in [-0.1, -0.05) is 12.1 Å². The van der Waals surface area contributed by atoms with Crippen LogP contribution in [0.3, 0.4) is 0 Å². The van der Waals surface area contributed by atoms with Gasteiger partial charge in [0.15, 0.2) is 16.6 Å². The predicted octanol–water partition coefficient (Wildman–Crippen LogP) is 3.09. The molecule has 2 aromatic rings.